The second-order valence-corrected chi connectivity index (χ2v) is 6.38. The van der Waals surface area contributed by atoms with E-state index in [2.05, 4.69) is 57.2 Å². The van der Waals surface area contributed by atoms with Crippen molar-refractivity contribution >= 4 is 15.9 Å². The first-order valence-electron chi connectivity index (χ1n) is 7.09. The number of ether oxygens (including phenoxy) is 1. The van der Waals surface area contributed by atoms with Crippen LogP contribution in [0.15, 0.2) is 4.60 Å². The molecule has 0 aliphatic carbocycles. The molecule has 1 aromatic heterocycles. The van der Waals surface area contributed by atoms with Crippen LogP contribution in [0.25, 0.3) is 0 Å². The molecule has 1 aliphatic heterocycles. The van der Waals surface area contributed by atoms with Crippen molar-refractivity contribution < 1.29 is 4.74 Å². The van der Waals surface area contributed by atoms with Crippen molar-refractivity contribution in [2.75, 3.05) is 32.8 Å². The molecule has 0 amide bonds. The predicted molar refractivity (Wildman–Crippen MR) is 81.6 cm³/mol. The molecule has 0 spiro atoms. The lowest BCUT2D eigenvalue weighted by Crippen LogP contribution is -2.56. The molecular weight excluding hydrogens is 322 g/mol. The molecule has 1 aromatic rings. The van der Waals surface area contributed by atoms with Crippen molar-refractivity contribution in [2.24, 2.45) is 7.05 Å². The highest BCUT2D eigenvalue weighted by atomic mass is 79.9. The monoisotopic (exact) mass is 345 g/mol. The summed E-state index contributed by atoms with van der Waals surface area (Å²) in [6, 6.07) is 0.153. The summed E-state index contributed by atoms with van der Waals surface area (Å²) >= 11 is 3.53. The highest BCUT2D eigenvalue weighted by Gasteiger charge is 2.39. The van der Waals surface area contributed by atoms with E-state index in [0.29, 0.717) is 0 Å². The zero-order chi connectivity index (χ0) is 14.8. The lowest BCUT2D eigenvalue weighted by molar-refractivity contribution is -0.0246. The molecule has 1 unspecified atom stereocenters. The molecule has 2 rings (SSSR count). The van der Waals surface area contributed by atoms with E-state index in [1.807, 2.05) is 11.7 Å². The van der Waals surface area contributed by atoms with Crippen LogP contribution in [0.1, 0.15) is 32.5 Å². The maximum Gasteiger partial charge on any atom is 0.153 e. The summed E-state index contributed by atoms with van der Waals surface area (Å²) in [5.41, 5.74) is 1.04. The van der Waals surface area contributed by atoms with Gasteiger partial charge < -0.3 is 10.1 Å². The maximum absolute atomic E-state index is 5.47. The van der Waals surface area contributed by atoms with Gasteiger partial charge in [0.05, 0.1) is 24.9 Å². The van der Waals surface area contributed by atoms with E-state index in [-0.39, 0.29) is 11.6 Å². The largest absolute Gasteiger partial charge is 0.379 e. The van der Waals surface area contributed by atoms with Gasteiger partial charge in [-0.3, -0.25) is 4.90 Å². The summed E-state index contributed by atoms with van der Waals surface area (Å²) in [6.45, 7) is 11.1. The number of aromatic nitrogens is 3. The van der Waals surface area contributed by atoms with Crippen LogP contribution in [-0.4, -0.2) is 58.3 Å². The Balaban J connectivity index is 2.31. The number of nitrogens with zero attached hydrogens (tertiary/aromatic N) is 4. The van der Waals surface area contributed by atoms with Crippen molar-refractivity contribution in [3.8, 4) is 0 Å². The molecular formula is C13H24BrN5O. The first-order chi connectivity index (χ1) is 9.48. The van der Waals surface area contributed by atoms with Crippen molar-refractivity contribution in [2.45, 2.75) is 32.4 Å². The fourth-order valence-corrected chi connectivity index (χ4v) is 3.41. The van der Waals surface area contributed by atoms with E-state index in [1.165, 1.54) is 0 Å². The Hall–Kier alpha value is -0.500. The maximum atomic E-state index is 5.47. The number of hydrogen-bond acceptors (Lipinski definition) is 5. The predicted octanol–water partition coefficient (Wildman–Crippen LogP) is 1.34. The Bertz CT molecular complexity index is 422. The first-order valence-corrected chi connectivity index (χ1v) is 7.89. The molecule has 1 aliphatic rings. The minimum atomic E-state index is -0.0439. The molecule has 0 radical (unpaired) electrons. The van der Waals surface area contributed by atoms with E-state index in [9.17, 15) is 0 Å². The summed E-state index contributed by atoms with van der Waals surface area (Å²) in [5, 5.41) is 11.8. The van der Waals surface area contributed by atoms with Gasteiger partial charge in [-0.15, -0.1) is 5.10 Å². The number of rotatable bonds is 5. The van der Waals surface area contributed by atoms with Crippen LogP contribution in [-0.2, 0) is 11.8 Å². The van der Waals surface area contributed by atoms with Gasteiger partial charge in [-0.1, -0.05) is 12.1 Å². The van der Waals surface area contributed by atoms with E-state index < -0.39 is 0 Å². The van der Waals surface area contributed by atoms with Crippen molar-refractivity contribution in [3.05, 3.63) is 10.3 Å². The highest BCUT2D eigenvalue weighted by Crippen LogP contribution is 2.34. The molecule has 0 saturated carbocycles. The summed E-state index contributed by atoms with van der Waals surface area (Å²) in [4.78, 5) is 2.48. The van der Waals surface area contributed by atoms with Crippen LogP contribution in [0.3, 0.4) is 0 Å². The van der Waals surface area contributed by atoms with Crippen LogP contribution in [0.2, 0.25) is 0 Å². The number of nitrogens with one attached hydrogen (secondary N) is 1. The third-order valence-corrected chi connectivity index (χ3v) is 4.61. The minimum Gasteiger partial charge on any atom is -0.379 e. The third-order valence-electron chi connectivity index (χ3n) is 4.04. The molecule has 2 heterocycles. The standard InChI is InChI=1S/C13H24BrN5O/c1-5-15-11(10-12(14)16-17-18(10)4)13(2,3)19-6-8-20-9-7-19/h11,15H,5-9H2,1-4H3. The Morgan fingerprint density at radius 1 is 1.40 bits per heavy atom. The Morgan fingerprint density at radius 3 is 2.55 bits per heavy atom. The molecule has 1 saturated heterocycles. The second-order valence-electron chi connectivity index (χ2n) is 5.63. The van der Waals surface area contributed by atoms with Gasteiger partial charge in [-0.2, -0.15) is 0 Å². The van der Waals surface area contributed by atoms with E-state index in [1.54, 1.807) is 0 Å². The number of morpholine rings is 1. The number of likely N-dealkylation sites (N-methyl/N-ethyl adjacent to an activating group) is 1. The topological polar surface area (TPSA) is 55.2 Å². The molecule has 20 heavy (non-hydrogen) atoms. The van der Waals surface area contributed by atoms with Gasteiger partial charge in [0.15, 0.2) is 4.60 Å². The zero-order valence-corrected chi connectivity index (χ0v) is 14.3. The zero-order valence-electron chi connectivity index (χ0n) is 12.7. The van der Waals surface area contributed by atoms with Crippen LogP contribution >= 0.6 is 15.9 Å². The molecule has 114 valence electrons. The third kappa shape index (κ3) is 3.05. The number of hydrogen-bond donors (Lipinski definition) is 1. The Kier molecular flexibility index (Phi) is 5.17. The van der Waals surface area contributed by atoms with Crippen LogP contribution in [0.5, 0.6) is 0 Å². The van der Waals surface area contributed by atoms with Crippen LogP contribution < -0.4 is 5.32 Å². The molecule has 0 bridgehead atoms. The van der Waals surface area contributed by atoms with E-state index in [4.69, 9.17) is 4.74 Å². The smallest absolute Gasteiger partial charge is 0.153 e. The van der Waals surface area contributed by atoms with Gasteiger partial charge in [0.25, 0.3) is 0 Å². The minimum absolute atomic E-state index is 0.0439. The van der Waals surface area contributed by atoms with Gasteiger partial charge in [0, 0.05) is 25.7 Å². The van der Waals surface area contributed by atoms with Gasteiger partial charge in [-0.25, -0.2) is 4.68 Å². The lowest BCUT2D eigenvalue weighted by atomic mass is 9.89. The Morgan fingerprint density at radius 2 is 2.05 bits per heavy atom. The lowest BCUT2D eigenvalue weighted by Gasteiger charge is -2.45. The van der Waals surface area contributed by atoms with Gasteiger partial charge in [0.2, 0.25) is 0 Å². The molecule has 0 aromatic carbocycles. The average Bonchev–Trinajstić information content (AvgIpc) is 2.76. The number of aryl methyl sites for hydroxylation is 1. The molecule has 1 N–H and O–H groups in total. The normalized spacial score (nSPS) is 19.2. The van der Waals surface area contributed by atoms with Gasteiger partial charge in [0.1, 0.15) is 0 Å². The van der Waals surface area contributed by atoms with Gasteiger partial charge in [-0.05, 0) is 36.3 Å². The highest BCUT2D eigenvalue weighted by molar-refractivity contribution is 9.10. The summed E-state index contributed by atoms with van der Waals surface area (Å²) in [6.07, 6.45) is 0. The second kappa shape index (κ2) is 6.51. The molecule has 6 nitrogen and oxygen atoms in total. The van der Waals surface area contributed by atoms with Crippen molar-refractivity contribution in [1.29, 1.82) is 0 Å². The molecule has 1 fully saturated rings. The Labute approximate surface area is 129 Å². The van der Waals surface area contributed by atoms with Crippen LogP contribution in [0.4, 0.5) is 0 Å². The quantitative estimate of drug-likeness (QED) is 0.872. The fraction of sp³-hybridized carbons (Fsp3) is 0.846. The van der Waals surface area contributed by atoms with Crippen LogP contribution in [0, 0.1) is 0 Å². The molecule has 1 atom stereocenters. The average molecular weight is 346 g/mol. The SMILES string of the molecule is CCNC(c1c(Br)nnn1C)C(C)(C)N1CCOCC1. The first kappa shape index (κ1) is 15.9. The summed E-state index contributed by atoms with van der Waals surface area (Å²) in [5.74, 6) is 0. The molecule has 7 heteroatoms. The van der Waals surface area contributed by atoms with E-state index in [0.717, 1.165) is 43.1 Å². The van der Waals surface area contributed by atoms with Crippen molar-refractivity contribution in [1.82, 2.24) is 25.2 Å². The summed E-state index contributed by atoms with van der Waals surface area (Å²) < 4.78 is 8.13. The summed E-state index contributed by atoms with van der Waals surface area (Å²) in [7, 11) is 1.94. The van der Waals surface area contributed by atoms with Crippen molar-refractivity contribution in [3.63, 3.8) is 0 Å². The van der Waals surface area contributed by atoms with E-state index >= 15 is 0 Å². The fourth-order valence-electron chi connectivity index (χ4n) is 2.85. The number of halogens is 1. The van der Waals surface area contributed by atoms with Gasteiger partial charge >= 0.3 is 0 Å².